The summed E-state index contributed by atoms with van der Waals surface area (Å²) >= 11 is 0. The van der Waals surface area contributed by atoms with Gasteiger partial charge in [-0.05, 0) is 6.42 Å². The number of hydrogen-bond acceptors (Lipinski definition) is 3. The maximum atomic E-state index is 11.2. The monoisotopic (exact) mass is 207 g/mol. The molecule has 15 heavy (non-hydrogen) atoms. The SMILES string of the molecule is CCc1nc(CC)n(C2CCC(=O)C2)n1. The summed E-state index contributed by atoms with van der Waals surface area (Å²) in [6.07, 6.45) is 4.02. The maximum Gasteiger partial charge on any atom is 0.150 e. The van der Waals surface area contributed by atoms with Crippen LogP contribution in [0.1, 0.15) is 50.8 Å². The molecule has 0 radical (unpaired) electrons. The zero-order chi connectivity index (χ0) is 10.8. The van der Waals surface area contributed by atoms with Crippen molar-refractivity contribution in [2.45, 2.75) is 52.0 Å². The number of nitrogens with zero attached hydrogens (tertiary/aromatic N) is 3. The van der Waals surface area contributed by atoms with Crippen molar-refractivity contribution < 1.29 is 4.79 Å². The van der Waals surface area contributed by atoms with Crippen LogP contribution in [0.2, 0.25) is 0 Å². The van der Waals surface area contributed by atoms with Gasteiger partial charge in [-0.2, -0.15) is 5.10 Å². The lowest BCUT2D eigenvalue weighted by Gasteiger charge is -2.10. The van der Waals surface area contributed by atoms with Crippen molar-refractivity contribution in [2.24, 2.45) is 0 Å². The highest BCUT2D eigenvalue weighted by molar-refractivity contribution is 5.80. The van der Waals surface area contributed by atoms with Gasteiger partial charge in [-0.1, -0.05) is 13.8 Å². The molecular formula is C11H17N3O. The second kappa shape index (κ2) is 4.13. The van der Waals surface area contributed by atoms with Gasteiger partial charge in [-0.25, -0.2) is 9.67 Å². The third-order valence-corrected chi connectivity index (χ3v) is 2.94. The minimum absolute atomic E-state index is 0.264. The molecule has 1 atom stereocenters. The number of aryl methyl sites for hydroxylation is 2. The van der Waals surface area contributed by atoms with Gasteiger partial charge in [0.25, 0.3) is 0 Å². The quantitative estimate of drug-likeness (QED) is 0.758. The van der Waals surface area contributed by atoms with E-state index in [1.165, 1.54) is 0 Å². The molecule has 1 heterocycles. The summed E-state index contributed by atoms with van der Waals surface area (Å²) in [6, 6.07) is 0.264. The molecule has 0 aliphatic heterocycles. The maximum absolute atomic E-state index is 11.2. The summed E-state index contributed by atoms with van der Waals surface area (Å²) < 4.78 is 1.98. The minimum Gasteiger partial charge on any atom is -0.300 e. The molecule has 0 spiro atoms. The van der Waals surface area contributed by atoms with E-state index >= 15 is 0 Å². The summed E-state index contributed by atoms with van der Waals surface area (Å²) in [6.45, 7) is 4.13. The van der Waals surface area contributed by atoms with Crippen molar-refractivity contribution in [3.05, 3.63) is 11.6 Å². The Balaban J connectivity index is 2.26. The van der Waals surface area contributed by atoms with Crippen LogP contribution in [0, 0.1) is 0 Å². The topological polar surface area (TPSA) is 47.8 Å². The number of Topliss-reactive ketones (excluding diaryl/α,β-unsaturated/α-hetero) is 1. The van der Waals surface area contributed by atoms with Crippen molar-refractivity contribution in [1.29, 1.82) is 0 Å². The van der Waals surface area contributed by atoms with Crippen LogP contribution in [0.5, 0.6) is 0 Å². The second-order valence-electron chi connectivity index (χ2n) is 4.03. The van der Waals surface area contributed by atoms with Gasteiger partial charge >= 0.3 is 0 Å². The molecule has 1 aromatic rings. The van der Waals surface area contributed by atoms with Crippen LogP contribution in [0.25, 0.3) is 0 Å². The first-order chi connectivity index (χ1) is 7.24. The van der Waals surface area contributed by atoms with Gasteiger partial charge < -0.3 is 0 Å². The van der Waals surface area contributed by atoms with Crippen molar-refractivity contribution >= 4 is 5.78 Å². The number of ketones is 1. The molecule has 0 saturated heterocycles. The summed E-state index contributed by atoms with van der Waals surface area (Å²) in [7, 11) is 0. The first-order valence-electron chi connectivity index (χ1n) is 5.70. The van der Waals surface area contributed by atoms with E-state index in [-0.39, 0.29) is 6.04 Å². The number of hydrogen-bond donors (Lipinski definition) is 0. The van der Waals surface area contributed by atoms with Crippen LogP contribution in [0.15, 0.2) is 0 Å². The molecule has 4 heteroatoms. The Morgan fingerprint density at radius 3 is 2.73 bits per heavy atom. The third-order valence-electron chi connectivity index (χ3n) is 2.94. The molecule has 1 saturated carbocycles. The molecule has 1 aliphatic rings. The molecule has 0 bridgehead atoms. The minimum atomic E-state index is 0.264. The molecule has 0 amide bonds. The fourth-order valence-corrected chi connectivity index (χ4v) is 2.09. The van der Waals surface area contributed by atoms with E-state index in [2.05, 4.69) is 23.9 Å². The van der Waals surface area contributed by atoms with Gasteiger partial charge in [0.05, 0.1) is 6.04 Å². The molecule has 82 valence electrons. The first kappa shape index (κ1) is 10.3. The van der Waals surface area contributed by atoms with Gasteiger partial charge in [0.15, 0.2) is 5.82 Å². The number of carbonyl (C=O) groups excluding carboxylic acids is 1. The third kappa shape index (κ3) is 1.94. The van der Waals surface area contributed by atoms with Crippen LogP contribution in [-0.2, 0) is 17.6 Å². The van der Waals surface area contributed by atoms with Crippen LogP contribution < -0.4 is 0 Å². The van der Waals surface area contributed by atoms with E-state index in [0.29, 0.717) is 18.6 Å². The standard InChI is InChI=1S/C11H17N3O/c1-3-10-12-11(4-2)14(13-10)8-5-6-9(15)7-8/h8H,3-7H2,1-2H3. The average Bonchev–Trinajstić information content (AvgIpc) is 2.82. The van der Waals surface area contributed by atoms with Gasteiger partial charge in [0.2, 0.25) is 0 Å². The molecule has 0 N–H and O–H groups in total. The highest BCUT2D eigenvalue weighted by atomic mass is 16.1. The van der Waals surface area contributed by atoms with E-state index < -0.39 is 0 Å². The Hall–Kier alpha value is -1.19. The molecule has 1 fully saturated rings. The second-order valence-corrected chi connectivity index (χ2v) is 4.03. The van der Waals surface area contributed by atoms with Gasteiger partial charge in [0.1, 0.15) is 11.6 Å². The van der Waals surface area contributed by atoms with Crippen molar-refractivity contribution in [3.63, 3.8) is 0 Å². The lowest BCUT2D eigenvalue weighted by molar-refractivity contribution is -0.117. The lowest BCUT2D eigenvalue weighted by atomic mass is 10.2. The molecule has 2 rings (SSSR count). The Kier molecular flexibility index (Phi) is 2.84. The normalized spacial score (nSPS) is 21.2. The predicted molar refractivity (Wildman–Crippen MR) is 56.7 cm³/mol. The number of aromatic nitrogens is 3. The van der Waals surface area contributed by atoms with Crippen LogP contribution in [-0.4, -0.2) is 20.5 Å². The molecule has 0 aromatic carbocycles. The van der Waals surface area contributed by atoms with Crippen molar-refractivity contribution in [1.82, 2.24) is 14.8 Å². The molecule has 4 nitrogen and oxygen atoms in total. The zero-order valence-electron chi connectivity index (χ0n) is 9.36. The van der Waals surface area contributed by atoms with E-state index in [1.54, 1.807) is 0 Å². The summed E-state index contributed by atoms with van der Waals surface area (Å²) in [4.78, 5) is 15.7. The molecule has 1 aromatic heterocycles. The summed E-state index contributed by atoms with van der Waals surface area (Å²) in [5, 5.41) is 4.47. The van der Waals surface area contributed by atoms with Gasteiger partial charge in [0, 0.05) is 25.7 Å². The number of rotatable bonds is 3. The fraction of sp³-hybridized carbons (Fsp3) is 0.727. The Morgan fingerprint density at radius 1 is 1.40 bits per heavy atom. The molecular weight excluding hydrogens is 190 g/mol. The van der Waals surface area contributed by atoms with Crippen LogP contribution in [0.4, 0.5) is 0 Å². The largest absolute Gasteiger partial charge is 0.300 e. The van der Waals surface area contributed by atoms with Crippen LogP contribution >= 0.6 is 0 Å². The molecule has 1 aliphatic carbocycles. The van der Waals surface area contributed by atoms with E-state index in [4.69, 9.17) is 0 Å². The first-order valence-corrected chi connectivity index (χ1v) is 5.70. The van der Waals surface area contributed by atoms with Gasteiger partial charge in [-0.15, -0.1) is 0 Å². The van der Waals surface area contributed by atoms with E-state index in [1.807, 2.05) is 4.68 Å². The lowest BCUT2D eigenvalue weighted by Crippen LogP contribution is -2.11. The van der Waals surface area contributed by atoms with Crippen LogP contribution in [0.3, 0.4) is 0 Å². The smallest absolute Gasteiger partial charge is 0.150 e. The highest BCUT2D eigenvalue weighted by Crippen LogP contribution is 2.27. The Labute approximate surface area is 89.7 Å². The van der Waals surface area contributed by atoms with E-state index in [9.17, 15) is 4.79 Å². The van der Waals surface area contributed by atoms with Gasteiger partial charge in [-0.3, -0.25) is 4.79 Å². The number of carbonyl (C=O) groups is 1. The summed E-state index contributed by atoms with van der Waals surface area (Å²) in [5.74, 6) is 2.27. The summed E-state index contributed by atoms with van der Waals surface area (Å²) in [5.41, 5.74) is 0. The fourth-order valence-electron chi connectivity index (χ4n) is 2.09. The predicted octanol–water partition coefficient (Wildman–Crippen LogP) is 1.70. The zero-order valence-corrected chi connectivity index (χ0v) is 9.36. The highest BCUT2D eigenvalue weighted by Gasteiger charge is 2.26. The Bertz CT molecular complexity index is 370. The average molecular weight is 207 g/mol. The molecule has 1 unspecified atom stereocenters. The Morgan fingerprint density at radius 2 is 2.20 bits per heavy atom. The van der Waals surface area contributed by atoms with Crippen molar-refractivity contribution in [3.8, 4) is 0 Å². The van der Waals surface area contributed by atoms with Crippen molar-refractivity contribution in [2.75, 3.05) is 0 Å². The van der Waals surface area contributed by atoms with E-state index in [0.717, 1.165) is 30.9 Å².